The summed E-state index contributed by atoms with van der Waals surface area (Å²) < 4.78 is 0. The Hall–Kier alpha value is -0.160. The number of hydrogen-bond donors (Lipinski definition) is 0. The van der Waals surface area contributed by atoms with Crippen molar-refractivity contribution < 1.29 is 0 Å². The van der Waals surface area contributed by atoms with Crippen LogP contribution < -0.4 is 0 Å². The van der Waals surface area contributed by atoms with Crippen LogP contribution in [0.25, 0.3) is 0 Å². The summed E-state index contributed by atoms with van der Waals surface area (Å²) in [5.41, 5.74) is 0. The summed E-state index contributed by atoms with van der Waals surface area (Å²) in [6.07, 6.45) is 4.31. The molecule has 0 aromatic carbocycles. The summed E-state index contributed by atoms with van der Waals surface area (Å²) in [6.45, 7) is 19.5. The van der Waals surface area contributed by atoms with E-state index in [1.807, 2.05) is 27.7 Å². The van der Waals surface area contributed by atoms with E-state index in [0.29, 0.717) is 0 Å². The summed E-state index contributed by atoms with van der Waals surface area (Å²) in [7, 11) is 6.60. The summed E-state index contributed by atoms with van der Waals surface area (Å²) in [4.78, 5) is 9.83. The molecule has 0 N–H and O–H groups in total. The van der Waals surface area contributed by atoms with Crippen molar-refractivity contribution in [2.45, 2.75) is 47.0 Å². The first-order valence-corrected chi connectivity index (χ1v) is 10.4. The van der Waals surface area contributed by atoms with Gasteiger partial charge in [-0.3, -0.25) is 0 Å². The molecule has 2 heterocycles. The molecule has 4 nitrogen and oxygen atoms in total. The lowest BCUT2D eigenvalue weighted by Gasteiger charge is -2.32. The SMILES string of the molecule is CC.CC.CN1CCCN(C)CC1.CN1CCN(CC2CC2)CC1. The molecule has 4 heteroatoms. The molecule has 3 fully saturated rings. The van der Waals surface area contributed by atoms with Gasteiger partial charge in [0.15, 0.2) is 0 Å². The summed E-state index contributed by atoms with van der Waals surface area (Å²) in [5, 5.41) is 0. The van der Waals surface area contributed by atoms with Crippen molar-refractivity contribution in [3.05, 3.63) is 0 Å². The van der Waals surface area contributed by atoms with Gasteiger partial charge in [0, 0.05) is 45.8 Å². The first-order chi connectivity index (χ1) is 11.6. The highest BCUT2D eigenvalue weighted by Crippen LogP contribution is 2.29. The van der Waals surface area contributed by atoms with Gasteiger partial charge in [0.25, 0.3) is 0 Å². The Labute approximate surface area is 153 Å². The van der Waals surface area contributed by atoms with Gasteiger partial charge < -0.3 is 19.6 Å². The maximum Gasteiger partial charge on any atom is 0.0110 e. The van der Waals surface area contributed by atoms with Crippen LogP contribution in [0.5, 0.6) is 0 Å². The average molecular weight is 343 g/mol. The molecule has 0 amide bonds. The maximum atomic E-state index is 2.62. The third-order valence-electron chi connectivity index (χ3n) is 4.75. The minimum atomic E-state index is 1.07. The molecular weight excluding hydrogens is 296 g/mol. The summed E-state index contributed by atoms with van der Waals surface area (Å²) in [6, 6.07) is 0. The molecule has 24 heavy (non-hydrogen) atoms. The van der Waals surface area contributed by atoms with E-state index in [-0.39, 0.29) is 0 Å². The lowest BCUT2D eigenvalue weighted by atomic mass is 10.3. The first-order valence-electron chi connectivity index (χ1n) is 10.4. The van der Waals surface area contributed by atoms with Crippen LogP contribution in [-0.2, 0) is 0 Å². The zero-order valence-electron chi connectivity index (χ0n) is 17.9. The molecule has 0 aromatic rings. The molecule has 0 bridgehead atoms. The summed E-state index contributed by atoms with van der Waals surface area (Å²) >= 11 is 0. The van der Waals surface area contributed by atoms with Gasteiger partial charge >= 0.3 is 0 Å². The van der Waals surface area contributed by atoms with E-state index in [9.17, 15) is 0 Å². The van der Waals surface area contributed by atoms with E-state index in [4.69, 9.17) is 0 Å². The molecular formula is C20H46N4. The topological polar surface area (TPSA) is 13.0 Å². The Balaban J connectivity index is 0.000000371. The van der Waals surface area contributed by atoms with Crippen molar-refractivity contribution in [2.75, 3.05) is 80.0 Å². The smallest absolute Gasteiger partial charge is 0.0110 e. The molecule has 3 rings (SSSR count). The molecule has 146 valence electrons. The molecule has 2 saturated heterocycles. The molecule has 0 spiro atoms. The normalized spacial score (nSPS) is 23.6. The zero-order valence-corrected chi connectivity index (χ0v) is 17.9. The predicted octanol–water partition coefficient (Wildman–Crippen LogP) is 2.95. The zero-order chi connectivity index (χ0) is 18.4. The van der Waals surface area contributed by atoms with E-state index in [2.05, 4.69) is 40.7 Å². The first kappa shape index (κ1) is 23.8. The van der Waals surface area contributed by atoms with E-state index in [0.717, 1.165) is 5.92 Å². The van der Waals surface area contributed by atoms with Crippen LogP contribution in [0.3, 0.4) is 0 Å². The van der Waals surface area contributed by atoms with E-state index < -0.39 is 0 Å². The second kappa shape index (κ2) is 15.1. The van der Waals surface area contributed by atoms with Gasteiger partial charge in [0.1, 0.15) is 0 Å². The van der Waals surface area contributed by atoms with Crippen molar-refractivity contribution in [1.82, 2.24) is 19.6 Å². The summed E-state index contributed by atoms with van der Waals surface area (Å²) in [5.74, 6) is 1.07. The van der Waals surface area contributed by atoms with E-state index >= 15 is 0 Å². The van der Waals surface area contributed by atoms with Gasteiger partial charge in [-0.25, -0.2) is 0 Å². The standard InChI is InChI=1S/C9H18N2.C7H16N2.2C2H6/c1-10-4-6-11(7-5-10)8-9-2-3-9;1-8-4-3-5-9(2)7-6-8;2*1-2/h9H,2-8H2,1H3;3-7H2,1-2H3;2*1-2H3. The van der Waals surface area contributed by atoms with Crippen LogP contribution in [0.15, 0.2) is 0 Å². The maximum absolute atomic E-state index is 2.62. The molecule has 3 aliphatic rings. The number of piperazine rings is 1. The number of hydrogen-bond acceptors (Lipinski definition) is 4. The minimum absolute atomic E-state index is 1.07. The highest BCUT2D eigenvalue weighted by Gasteiger charge is 2.25. The highest BCUT2D eigenvalue weighted by atomic mass is 15.2. The lowest BCUT2D eigenvalue weighted by molar-refractivity contribution is 0.149. The Morgan fingerprint density at radius 2 is 0.958 bits per heavy atom. The Kier molecular flexibility index (Phi) is 15.0. The van der Waals surface area contributed by atoms with Crippen LogP contribution in [-0.4, -0.2) is 99.6 Å². The third-order valence-corrected chi connectivity index (χ3v) is 4.75. The van der Waals surface area contributed by atoms with Gasteiger partial charge in [0.05, 0.1) is 0 Å². The van der Waals surface area contributed by atoms with Crippen LogP contribution >= 0.6 is 0 Å². The second-order valence-corrected chi connectivity index (χ2v) is 7.01. The Morgan fingerprint density at radius 3 is 1.38 bits per heavy atom. The highest BCUT2D eigenvalue weighted by molar-refractivity contribution is 4.79. The lowest BCUT2D eigenvalue weighted by Crippen LogP contribution is -2.45. The largest absolute Gasteiger partial charge is 0.305 e. The molecule has 0 unspecified atom stereocenters. The molecule has 1 saturated carbocycles. The van der Waals surface area contributed by atoms with Crippen molar-refractivity contribution >= 4 is 0 Å². The molecule has 0 atom stereocenters. The van der Waals surface area contributed by atoms with Gasteiger partial charge in [-0.15, -0.1) is 0 Å². The monoisotopic (exact) mass is 342 g/mol. The fraction of sp³-hybridized carbons (Fsp3) is 1.00. The average Bonchev–Trinajstić information content (AvgIpc) is 3.44. The Morgan fingerprint density at radius 1 is 0.583 bits per heavy atom. The van der Waals surface area contributed by atoms with Crippen LogP contribution in [0.1, 0.15) is 47.0 Å². The number of nitrogens with zero attached hydrogens (tertiary/aromatic N) is 4. The van der Waals surface area contributed by atoms with Crippen molar-refractivity contribution in [1.29, 1.82) is 0 Å². The van der Waals surface area contributed by atoms with E-state index in [1.54, 1.807) is 0 Å². The van der Waals surface area contributed by atoms with Crippen LogP contribution in [0.2, 0.25) is 0 Å². The molecule has 1 aliphatic carbocycles. The van der Waals surface area contributed by atoms with Crippen LogP contribution in [0.4, 0.5) is 0 Å². The predicted molar refractivity (Wildman–Crippen MR) is 109 cm³/mol. The van der Waals surface area contributed by atoms with Crippen molar-refractivity contribution in [3.8, 4) is 0 Å². The number of likely N-dealkylation sites (N-methyl/N-ethyl adjacent to an activating group) is 3. The number of rotatable bonds is 2. The minimum Gasteiger partial charge on any atom is -0.305 e. The van der Waals surface area contributed by atoms with Crippen molar-refractivity contribution in [2.24, 2.45) is 5.92 Å². The second-order valence-electron chi connectivity index (χ2n) is 7.01. The molecule has 0 aromatic heterocycles. The fourth-order valence-electron chi connectivity index (χ4n) is 2.87. The van der Waals surface area contributed by atoms with Gasteiger partial charge in [-0.1, -0.05) is 27.7 Å². The van der Waals surface area contributed by atoms with Crippen molar-refractivity contribution in [3.63, 3.8) is 0 Å². The van der Waals surface area contributed by atoms with Gasteiger partial charge in [-0.2, -0.15) is 0 Å². The fourth-order valence-corrected chi connectivity index (χ4v) is 2.87. The molecule has 2 aliphatic heterocycles. The quantitative estimate of drug-likeness (QED) is 0.765. The third kappa shape index (κ3) is 12.2. The van der Waals surface area contributed by atoms with E-state index in [1.165, 1.54) is 78.2 Å². The van der Waals surface area contributed by atoms with Gasteiger partial charge in [-0.05, 0) is 59.4 Å². The molecule has 0 radical (unpaired) electrons. The Bertz CT molecular complexity index is 250. The van der Waals surface area contributed by atoms with Crippen LogP contribution in [0, 0.1) is 5.92 Å². The van der Waals surface area contributed by atoms with Gasteiger partial charge in [0.2, 0.25) is 0 Å².